The molecule has 9 heteroatoms. The van der Waals surface area contributed by atoms with Gasteiger partial charge >= 0.3 is 0 Å². The van der Waals surface area contributed by atoms with Crippen molar-refractivity contribution in [2.75, 3.05) is 26.2 Å². The molecule has 7 nitrogen and oxygen atoms in total. The summed E-state index contributed by atoms with van der Waals surface area (Å²) in [5, 5.41) is 4.67. The van der Waals surface area contributed by atoms with Crippen LogP contribution in [0.2, 0.25) is 0 Å². The van der Waals surface area contributed by atoms with E-state index in [1.807, 2.05) is 22.9 Å². The molecule has 0 saturated carbocycles. The molecule has 4 aromatic rings. The second-order valence-corrected chi connectivity index (χ2v) is 8.67. The standard InChI is InChI=1S/C20H18N4O3S2/c25-18-17-13(15-4-2-10-28-15)12-29-19(17)22-16(21-18)11-23-5-7-24(8-6-23)20(26)14-3-1-9-27-14/h1-4,9-10,12H,5-8,11H2,(H,21,22,25). The molecule has 1 fully saturated rings. The Morgan fingerprint density at radius 2 is 2.03 bits per heavy atom. The summed E-state index contributed by atoms with van der Waals surface area (Å²) in [5.74, 6) is 0.948. The fourth-order valence-electron chi connectivity index (χ4n) is 3.56. The van der Waals surface area contributed by atoms with Crippen LogP contribution in [0.25, 0.3) is 20.7 Å². The van der Waals surface area contributed by atoms with Gasteiger partial charge < -0.3 is 14.3 Å². The molecule has 29 heavy (non-hydrogen) atoms. The number of fused-ring (bicyclic) bond motifs is 1. The number of carbonyl (C=O) groups excluding carboxylic acids is 1. The number of piperazine rings is 1. The van der Waals surface area contributed by atoms with Gasteiger partial charge in [0.25, 0.3) is 11.5 Å². The van der Waals surface area contributed by atoms with Gasteiger partial charge in [0.1, 0.15) is 10.7 Å². The first-order valence-corrected chi connectivity index (χ1v) is 11.0. The highest BCUT2D eigenvalue weighted by molar-refractivity contribution is 7.18. The minimum atomic E-state index is -0.0960. The second-order valence-electron chi connectivity index (χ2n) is 6.87. The van der Waals surface area contributed by atoms with Crippen LogP contribution >= 0.6 is 22.7 Å². The average Bonchev–Trinajstić information content (AvgIpc) is 3.48. The number of hydrogen-bond acceptors (Lipinski definition) is 7. The van der Waals surface area contributed by atoms with Crippen LogP contribution in [0.15, 0.2) is 50.5 Å². The van der Waals surface area contributed by atoms with Crippen molar-refractivity contribution in [3.63, 3.8) is 0 Å². The number of furan rings is 1. The van der Waals surface area contributed by atoms with Crippen LogP contribution in [0.1, 0.15) is 16.4 Å². The van der Waals surface area contributed by atoms with E-state index >= 15 is 0 Å². The van der Waals surface area contributed by atoms with Gasteiger partial charge in [0.15, 0.2) is 5.76 Å². The lowest BCUT2D eigenvalue weighted by Gasteiger charge is -2.33. The Labute approximate surface area is 174 Å². The number of thiophene rings is 2. The van der Waals surface area contributed by atoms with Crippen molar-refractivity contribution >= 4 is 38.8 Å². The minimum Gasteiger partial charge on any atom is -0.459 e. The molecule has 5 heterocycles. The van der Waals surface area contributed by atoms with Crippen molar-refractivity contribution in [2.24, 2.45) is 0 Å². The zero-order valence-electron chi connectivity index (χ0n) is 15.5. The molecule has 0 bridgehead atoms. The van der Waals surface area contributed by atoms with Crippen molar-refractivity contribution in [1.82, 2.24) is 19.8 Å². The maximum atomic E-state index is 12.7. The second kappa shape index (κ2) is 7.58. The van der Waals surface area contributed by atoms with E-state index in [1.54, 1.807) is 28.4 Å². The van der Waals surface area contributed by atoms with Gasteiger partial charge in [-0.3, -0.25) is 14.5 Å². The van der Waals surface area contributed by atoms with Gasteiger partial charge in [0.05, 0.1) is 18.2 Å². The van der Waals surface area contributed by atoms with E-state index in [9.17, 15) is 9.59 Å². The van der Waals surface area contributed by atoms with Crippen LogP contribution in [0.4, 0.5) is 0 Å². The number of rotatable bonds is 4. The van der Waals surface area contributed by atoms with Gasteiger partial charge in [-0.15, -0.1) is 22.7 Å². The Balaban J connectivity index is 1.29. The number of nitrogens with one attached hydrogen (secondary N) is 1. The molecule has 0 unspecified atom stereocenters. The number of amides is 1. The smallest absolute Gasteiger partial charge is 0.289 e. The molecule has 0 spiro atoms. The quantitative estimate of drug-likeness (QED) is 0.542. The first-order chi connectivity index (χ1) is 14.2. The molecule has 148 valence electrons. The highest BCUT2D eigenvalue weighted by Crippen LogP contribution is 2.33. The van der Waals surface area contributed by atoms with E-state index in [0.717, 1.165) is 28.4 Å². The number of aromatic nitrogens is 2. The summed E-state index contributed by atoms with van der Waals surface area (Å²) in [7, 11) is 0. The van der Waals surface area contributed by atoms with Crippen LogP contribution in [0.3, 0.4) is 0 Å². The maximum absolute atomic E-state index is 12.7. The number of aromatic amines is 1. The largest absolute Gasteiger partial charge is 0.459 e. The van der Waals surface area contributed by atoms with Crippen LogP contribution in [0.5, 0.6) is 0 Å². The van der Waals surface area contributed by atoms with Gasteiger partial charge in [-0.25, -0.2) is 4.98 Å². The molecule has 4 aromatic heterocycles. The summed E-state index contributed by atoms with van der Waals surface area (Å²) in [5.41, 5.74) is 0.853. The van der Waals surface area contributed by atoms with Crippen molar-refractivity contribution in [3.05, 3.63) is 63.2 Å². The third kappa shape index (κ3) is 3.52. The zero-order chi connectivity index (χ0) is 19.8. The topological polar surface area (TPSA) is 82.4 Å². The number of nitrogens with zero attached hydrogens (tertiary/aromatic N) is 3. The first kappa shape index (κ1) is 18.3. The molecule has 5 rings (SSSR count). The van der Waals surface area contributed by atoms with Crippen LogP contribution in [0, 0.1) is 0 Å². The molecule has 0 atom stereocenters. The van der Waals surface area contributed by atoms with Crippen molar-refractivity contribution in [3.8, 4) is 10.4 Å². The zero-order valence-corrected chi connectivity index (χ0v) is 17.1. The highest BCUT2D eigenvalue weighted by Gasteiger charge is 2.24. The number of H-pyrrole nitrogens is 1. The molecule has 1 N–H and O–H groups in total. The molecule has 1 aliphatic rings. The van der Waals surface area contributed by atoms with Crippen molar-refractivity contribution < 1.29 is 9.21 Å². The van der Waals surface area contributed by atoms with E-state index in [-0.39, 0.29) is 11.5 Å². The maximum Gasteiger partial charge on any atom is 0.289 e. The van der Waals surface area contributed by atoms with E-state index in [2.05, 4.69) is 14.9 Å². The van der Waals surface area contributed by atoms with Gasteiger partial charge in [0, 0.05) is 42.0 Å². The Bertz CT molecular complexity index is 1190. The monoisotopic (exact) mass is 426 g/mol. The summed E-state index contributed by atoms with van der Waals surface area (Å²) in [6, 6.07) is 7.40. The molecular weight excluding hydrogens is 408 g/mol. The summed E-state index contributed by atoms with van der Waals surface area (Å²) in [6.07, 6.45) is 1.51. The first-order valence-electron chi connectivity index (χ1n) is 9.28. The summed E-state index contributed by atoms with van der Waals surface area (Å²) in [6.45, 7) is 3.24. The fourth-order valence-corrected chi connectivity index (χ4v) is 5.34. The Hall–Kier alpha value is -2.75. The average molecular weight is 427 g/mol. The van der Waals surface area contributed by atoms with Gasteiger partial charge in [-0.1, -0.05) is 6.07 Å². The molecular formula is C20H18N4O3S2. The van der Waals surface area contributed by atoms with Crippen molar-refractivity contribution in [2.45, 2.75) is 6.54 Å². The highest BCUT2D eigenvalue weighted by atomic mass is 32.1. The Kier molecular flexibility index (Phi) is 4.78. The number of carbonyl (C=O) groups is 1. The third-order valence-electron chi connectivity index (χ3n) is 5.04. The normalized spacial score (nSPS) is 15.2. The van der Waals surface area contributed by atoms with Crippen LogP contribution < -0.4 is 5.56 Å². The van der Waals surface area contributed by atoms with E-state index in [4.69, 9.17) is 4.42 Å². The summed E-state index contributed by atoms with van der Waals surface area (Å²) < 4.78 is 5.20. The SMILES string of the molecule is O=C(c1ccco1)N1CCN(Cc2nc3scc(-c4cccs4)c3c(=O)[nH]2)CC1. The third-order valence-corrected chi connectivity index (χ3v) is 6.82. The van der Waals surface area contributed by atoms with E-state index in [1.165, 1.54) is 17.6 Å². The van der Waals surface area contributed by atoms with Gasteiger partial charge in [-0.2, -0.15) is 0 Å². The fraction of sp³-hybridized carbons (Fsp3) is 0.250. The molecule has 1 aliphatic heterocycles. The van der Waals surface area contributed by atoms with E-state index < -0.39 is 0 Å². The minimum absolute atomic E-state index is 0.0812. The molecule has 0 aromatic carbocycles. The predicted octanol–water partition coefficient (Wildman–Crippen LogP) is 3.26. The Morgan fingerprint density at radius 1 is 1.17 bits per heavy atom. The predicted molar refractivity (Wildman–Crippen MR) is 113 cm³/mol. The lowest BCUT2D eigenvalue weighted by Crippen LogP contribution is -2.48. The molecule has 0 radical (unpaired) electrons. The summed E-state index contributed by atoms with van der Waals surface area (Å²) >= 11 is 3.12. The van der Waals surface area contributed by atoms with Crippen LogP contribution in [-0.2, 0) is 6.54 Å². The lowest BCUT2D eigenvalue weighted by atomic mass is 10.2. The molecule has 1 amide bonds. The van der Waals surface area contributed by atoms with Crippen molar-refractivity contribution in [1.29, 1.82) is 0 Å². The lowest BCUT2D eigenvalue weighted by molar-refractivity contribution is 0.0595. The number of hydrogen-bond donors (Lipinski definition) is 1. The van der Waals surface area contributed by atoms with Crippen LogP contribution in [-0.4, -0.2) is 51.9 Å². The van der Waals surface area contributed by atoms with E-state index in [0.29, 0.717) is 36.6 Å². The molecule has 0 aliphatic carbocycles. The van der Waals surface area contributed by atoms with Gasteiger partial charge in [-0.05, 0) is 23.6 Å². The summed E-state index contributed by atoms with van der Waals surface area (Å²) in [4.78, 5) is 38.6. The Morgan fingerprint density at radius 3 is 2.76 bits per heavy atom. The molecule has 1 saturated heterocycles. The van der Waals surface area contributed by atoms with Gasteiger partial charge in [0.2, 0.25) is 0 Å².